The summed E-state index contributed by atoms with van der Waals surface area (Å²) in [7, 11) is 0. The van der Waals surface area contributed by atoms with Crippen molar-refractivity contribution < 1.29 is 9.53 Å². The van der Waals surface area contributed by atoms with Gasteiger partial charge in [-0.2, -0.15) is 0 Å². The predicted octanol–water partition coefficient (Wildman–Crippen LogP) is 2.35. The summed E-state index contributed by atoms with van der Waals surface area (Å²) in [6.07, 6.45) is 1.90. The zero-order valence-corrected chi connectivity index (χ0v) is 9.85. The van der Waals surface area contributed by atoms with Crippen LogP contribution in [0.25, 0.3) is 16.8 Å². The summed E-state index contributed by atoms with van der Waals surface area (Å²) in [5.41, 5.74) is 7.78. The Kier molecular flexibility index (Phi) is 2.70. The van der Waals surface area contributed by atoms with E-state index >= 15 is 0 Å². The highest BCUT2D eigenvalue weighted by Gasteiger charge is 2.21. The number of carbonyl (C=O) groups excluding carboxylic acids is 1. The van der Waals surface area contributed by atoms with Gasteiger partial charge in [-0.1, -0.05) is 36.4 Å². The maximum Gasteiger partial charge on any atom is 0.192 e. The number of benzene rings is 2. The number of hydrogen-bond acceptors (Lipinski definition) is 3. The summed E-state index contributed by atoms with van der Waals surface area (Å²) in [4.78, 5) is 12.3. The van der Waals surface area contributed by atoms with Crippen LogP contribution in [0, 0.1) is 0 Å². The van der Waals surface area contributed by atoms with Gasteiger partial charge in [0.25, 0.3) is 0 Å². The molecule has 3 rings (SSSR count). The SMILES string of the molecule is NCOCC1=Cc2cccc3cccc(c23)C1=O. The molecule has 3 nitrogen and oxygen atoms in total. The number of Topliss-reactive ketones (excluding diaryl/α,β-unsaturated/α-hetero) is 1. The summed E-state index contributed by atoms with van der Waals surface area (Å²) in [6, 6.07) is 11.8. The molecule has 0 aromatic heterocycles. The molecular formula is C15H13NO2. The molecule has 0 atom stereocenters. The molecule has 0 spiro atoms. The smallest absolute Gasteiger partial charge is 0.192 e. The van der Waals surface area contributed by atoms with Gasteiger partial charge in [-0.15, -0.1) is 0 Å². The van der Waals surface area contributed by atoms with Gasteiger partial charge in [0, 0.05) is 16.5 Å². The third-order valence-electron chi connectivity index (χ3n) is 3.18. The molecule has 0 unspecified atom stereocenters. The molecular weight excluding hydrogens is 226 g/mol. The molecule has 0 radical (unpaired) electrons. The minimum absolute atomic E-state index is 0.0350. The fraction of sp³-hybridized carbons (Fsp3) is 0.133. The van der Waals surface area contributed by atoms with E-state index in [1.165, 1.54) is 0 Å². The first-order valence-electron chi connectivity index (χ1n) is 5.86. The van der Waals surface area contributed by atoms with Crippen LogP contribution in [0.2, 0.25) is 0 Å². The van der Waals surface area contributed by atoms with Gasteiger partial charge in [0.2, 0.25) is 0 Å². The highest BCUT2D eigenvalue weighted by molar-refractivity contribution is 6.22. The van der Waals surface area contributed by atoms with E-state index in [1.54, 1.807) is 0 Å². The monoisotopic (exact) mass is 239 g/mol. The van der Waals surface area contributed by atoms with Crippen LogP contribution in [0.15, 0.2) is 42.0 Å². The summed E-state index contributed by atoms with van der Waals surface area (Å²) in [5.74, 6) is 0.0350. The van der Waals surface area contributed by atoms with Crippen LogP contribution < -0.4 is 5.73 Å². The molecule has 3 heteroatoms. The summed E-state index contributed by atoms with van der Waals surface area (Å²) in [5, 5.41) is 2.12. The minimum atomic E-state index is 0.0350. The Morgan fingerprint density at radius 1 is 1.11 bits per heavy atom. The first kappa shape index (κ1) is 11.1. The van der Waals surface area contributed by atoms with Crippen LogP contribution in [0.1, 0.15) is 15.9 Å². The molecule has 0 saturated heterocycles. The Labute approximate surface area is 105 Å². The quantitative estimate of drug-likeness (QED) is 0.836. The molecule has 0 aliphatic heterocycles. The number of carbonyl (C=O) groups is 1. The van der Waals surface area contributed by atoms with E-state index in [2.05, 4.69) is 0 Å². The normalized spacial score (nSPS) is 13.8. The second-order valence-electron chi connectivity index (χ2n) is 4.26. The van der Waals surface area contributed by atoms with Gasteiger partial charge in [-0.05, 0) is 17.0 Å². The lowest BCUT2D eigenvalue weighted by molar-refractivity contribution is 0.0990. The largest absolute Gasteiger partial charge is 0.362 e. The van der Waals surface area contributed by atoms with Crippen molar-refractivity contribution in [3.05, 3.63) is 53.1 Å². The first-order chi connectivity index (χ1) is 8.81. The summed E-state index contributed by atoms with van der Waals surface area (Å²) < 4.78 is 5.14. The Bertz CT molecular complexity index is 653. The van der Waals surface area contributed by atoms with Gasteiger partial charge in [0.15, 0.2) is 5.78 Å². The highest BCUT2D eigenvalue weighted by atomic mass is 16.5. The van der Waals surface area contributed by atoms with Crippen molar-refractivity contribution >= 4 is 22.6 Å². The second-order valence-corrected chi connectivity index (χ2v) is 4.26. The van der Waals surface area contributed by atoms with E-state index in [-0.39, 0.29) is 19.1 Å². The second kappa shape index (κ2) is 4.37. The van der Waals surface area contributed by atoms with Gasteiger partial charge in [-0.25, -0.2) is 0 Å². The Morgan fingerprint density at radius 2 is 1.89 bits per heavy atom. The molecule has 1 aliphatic carbocycles. The molecule has 0 heterocycles. The van der Waals surface area contributed by atoms with Crippen molar-refractivity contribution in [3.8, 4) is 0 Å². The molecule has 0 saturated carbocycles. The topological polar surface area (TPSA) is 52.3 Å². The van der Waals surface area contributed by atoms with Crippen molar-refractivity contribution in [2.45, 2.75) is 0 Å². The molecule has 90 valence electrons. The first-order valence-corrected chi connectivity index (χ1v) is 5.86. The van der Waals surface area contributed by atoms with E-state index in [1.807, 2.05) is 42.5 Å². The third kappa shape index (κ3) is 1.65. The van der Waals surface area contributed by atoms with Gasteiger partial charge in [0.1, 0.15) is 0 Å². The Morgan fingerprint density at radius 3 is 2.67 bits per heavy atom. The number of ether oxygens (including phenoxy) is 1. The number of rotatable bonds is 3. The standard InChI is InChI=1S/C15H13NO2/c16-9-18-8-12-7-11-5-1-3-10-4-2-6-13(14(10)11)15(12)17/h1-7H,8-9,16H2. The van der Waals surface area contributed by atoms with Gasteiger partial charge < -0.3 is 10.5 Å². The van der Waals surface area contributed by atoms with E-state index in [4.69, 9.17) is 10.5 Å². The van der Waals surface area contributed by atoms with E-state index < -0.39 is 0 Å². The van der Waals surface area contributed by atoms with E-state index in [0.29, 0.717) is 5.57 Å². The van der Waals surface area contributed by atoms with Gasteiger partial charge in [0.05, 0.1) is 13.3 Å². The molecule has 0 fully saturated rings. The van der Waals surface area contributed by atoms with Crippen molar-refractivity contribution in [3.63, 3.8) is 0 Å². The lowest BCUT2D eigenvalue weighted by atomic mass is 9.88. The number of ketones is 1. The molecule has 1 aliphatic rings. The Balaban J connectivity index is 2.19. The van der Waals surface area contributed by atoms with Crippen LogP contribution in [0.4, 0.5) is 0 Å². The number of nitrogens with two attached hydrogens (primary N) is 1. The predicted molar refractivity (Wildman–Crippen MR) is 71.3 cm³/mol. The van der Waals surface area contributed by atoms with Gasteiger partial charge >= 0.3 is 0 Å². The van der Waals surface area contributed by atoms with Gasteiger partial charge in [-0.3, -0.25) is 4.79 Å². The third-order valence-corrected chi connectivity index (χ3v) is 3.18. The van der Waals surface area contributed by atoms with Crippen LogP contribution >= 0.6 is 0 Å². The van der Waals surface area contributed by atoms with Crippen molar-refractivity contribution in [1.29, 1.82) is 0 Å². The van der Waals surface area contributed by atoms with E-state index in [9.17, 15) is 4.79 Å². The minimum Gasteiger partial charge on any atom is -0.362 e. The Hall–Kier alpha value is -1.97. The molecule has 2 aromatic carbocycles. The summed E-state index contributed by atoms with van der Waals surface area (Å²) >= 11 is 0. The number of hydrogen-bond donors (Lipinski definition) is 1. The molecule has 0 bridgehead atoms. The van der Waals surface area contributed by atoms with Crippen molar-refractivity contribution in [1.82, 2.24) is 0 Å². The fourth-order valence-electron chi connectivity index (χ4n) is 2.38. The van der Waals surface area contributed by atoms with Crippen molar-refractivity contribution in [2.24, 2.45) is 5.73 Å². The van der Waals surface area contributed by atoms with Crippen LogP contribution in [0.3, 0.4) is 0 Å². The van der Waals surface area contributed by atoms with Crippen LogP contribution in [-0.2, 0) is 4.74 Å². The fourth-order valence-corrected chi connectivity index (χ4v) is 2.38. The zero-order chi connectivity index (χ0) is 12.5. The average Bonchev–Trinajstić information content (AvgIpc) is 2.41. The van der Waals surface area contributed by atoms with E-state index in [0.717, 1.165) is 21.9 Å². The molecule has 18 heavy (non-hydrogen) atoms. The molecule has 2 aromatic rings. The lowest BCUT2D eigenvalue weighted by Gasteiger charge is -2.16. The average molecular weight is 239 g/mol. The molecule has 2 N–H and O–H groups in total. The maximum atomic E-state index is 12.3. The maximum absolute atomic E-state index is 12.3. The highest BCUT2D eigenvalue weighted by Crippen LogP contribution is 2.31. The summed E-state index contributed by atoms with van der Waals surface area (Å²) in [6.45, 7) is 0.385. The molecule has 0 amide bonds. The van der Waals surface area contributed by atoms with Crippen LogP contribution in [0.5, 0.6) is 0 Å². The zero-order valence-electron chi connectivity index (χ0n) is 9.85. The lowest BCUT2D eigenvalue weighted by Crippen LogP contribution is -2.16. The van der Waals surface area contributed by atoms with Crippen molar-refractivity contribution in [2.75, 3.05) is 13.3 Å². The van der Waals surface area contributed by atoms with Crippen LogP contribution in [-0.4, -0.2) is 19.1 Å².